The topological polar surface area (TPSA) is 33.3 Å². The third-order valence-corrected chi connectivity index (χ3v) is 3.44. The second kappa shape index (κ2) is 6.21. The second-order valence-electron chi connectivity index (χ2n) is 4.98. The number of hydrogen-bond donors (Lipinski definition) is 2. The van der Waals surface area contributed by atoms with Crippen LogP contribution >= 0.6 is 0 Å². The van der Waals surface area contributed by atoms with E-state index in [-0.39, 0.29) is 0 Å². The Balaban J connectivity index is 2.02. The van der Waals surface area contributed by atoms with Crippen molar-refractivity contribution in [2.24, 2.45) is 0 Å². The van der Waals surface area contributed by atoms with Gasteiger partial charge in [-0.2, -0.15) is 0 Å². The predicted octanol–water partition coefficient (Wildman–Crippen LogP) is 2.41. The zero-order valence-electron chi connectivity index (χ0n) is 11.6. The van der Waals surface area contributed by atoms with Gasteiger partial charge in [-0.1, -0.05) is 12.1 Å². The largest absolute Gasteiger partial charge is 0.494 e. The molecule has 0 heterocycles. The SMILES string of the molecule is CCOc1ccc(C(CNC2CC2)NC)cc1C. The van der Waals surface area contributed by atoms with Crippen molar-refractivity contribution in [1.82, 2.24) is 10.6 Å². The van der Waals surface area contributed by atoms with Crippen LogP contribution in [0.5, 0.6) is 5.75 Å². The molecule has 1 aliphatic carbocycles. The molecule has 3 nitrogen and oxygen atoms in total. The van der Waals surface area contributed by atoms with E-state index in [1.165, 1.54) is 24.0 Å². The van der Waals surface area contributed by atoms with Gasteiger partial charge in [-0.25, -0.2) is 0 Å². The number of ether oxygens (including phenoxy) is 1. The van der Waals surface area contributed by atoms with Crippen molar-refractivity contribution >= 4 is 0 Å². The lowest BCUT2D eigenvalue weighted by Gasteiger charge is -2.19. The average molecular weight is 248 g/mol. The summed E-state index contributed by atoms with van der Waals surface area (Å²) < 4.78 is 5.58. The average Bonchev–Trinajstić information content (AvgIpc) is 3.17. The van der Waals surface area contributed by atoms with Crippen molar-refractivity contribution in [2.75, 3.05) is 20.2 Å². The molecule has 18 heavy (non-hydrogen) atoms. The zero-order valence-corrected chi connectivity index (χ0v) is 11.6. The normalized spacial score (nSPS) is 16.6. The van der Waals surface area contributed by atoms with E-state index in [2.05, 4.69) is 35.8 Å². The molecule has 1 fully saturated rings. The van der Waals surface area contributed by atoms with E-state index in [1.54, 1.807) is 0 Å². The van der Waals surface area contributed by atoms with Gasteiger partial charge >= 0.3 is 0 Å². The summed E-state index contributed by atoms with van der Waals surface area (Å²) in [5.41, 5.74) is 2.53. The van der Waals surface area contributed by atoms with E-state index in [0.717, 1.165) is 24.9 Å². The van der Waals surface area contributed by atoms with E-state index in [9.17, 15) is 0 Å². The molecule has 0 aromatic heterocycles. The Kier molecular flexibility index (Phi) is 4.61. The van der Waals surface area contributed by atoms with Gasteiger partial charge in [0, 0.05) is 18.6 Å². The van der Waals surface area contributed by atoms with E-state index in [1.807, 2.05) is 14.0 Å². The molecular weight excluding hydrogens is 224 g/mol. The Morgan fingerprint density at radius 3 is 2.72 bits per heavy atom. The lowest BCUT2D eigenvalue weighted by Crippen LogP contribution is -2.30. The molecular formula is C15H24N2O. The fraction of sp³-hybridized carbons (Fsp3) is 0.600. The van der Waals surface area contributed by atoms with Crippen LogP contribution in [-0.2, 0) is 0 Å². The first-order chi connectivity index (χ1) is 8.74. The van der Waals surface area contributed by atoms with Crippen LogP contribution in [0.15, 0.2) is 18.2 Å². The zero-order chi connectivity index (χ0) is 13.0. The second-order valence-corrected chi connectivity index (χ2v) is 4.98. The van der Waals surface area contributed by atoms with Crippen LogP contribution in [0, 0.1) is 6.92 Å². The van der Waals surface area contributed by atoms with Crippen molar-refractivity contribution in [1.29, 1.82) is 0 Å². The standard InChI is InChI=1S/C15H24N2O/c1-4-18-15-8-5-12(9-11(15)2)14(16-3)10-17-13-6-7-13/h5,8-9,13-14,16-17H,4,6-7,10H2,1-3H3. The molecule has 1 atom stereocenters. The Bertz CT molecular complexity index is 388. The molecule has 1 aromatic carbocycles. The minimum absolute atomic E-state index is 0.375. The molecule has 0 saturated heterocycles. The summed E-state index contributed by atoms with van der Waals surface area (Å²) in [6, 6.07) is 7.59. The molecule has 0 radical (unpaired) electrons. The summed E-state index contributed by atoms with van der Waals surface area (Å²) in [5, 5.41) is 6.95. The number of aryl methyl sites for hydroxylation is 1. The third-order valence-electron chi connectivity index (χ3n) is 3.44. The number of rotatable bonds is 7. The van der Waals surface area contributed by atoms with E-state index in [4.69, 9.17) is 4.74 Å². The molecule has 3 heteroatoms. The Labute approximate surface area is 110 Å². The molecule has 0 aliphatic heterocycles. The highest BCUT2D eigenvalue weighted by Crippen LogP contribution is 2.24. The maximum atomic E-state index is 5.58. The van der Waals surface area contributed by atoms with Gasteiger partial charge in [-0.05, 0) is 50.9 Å². The van der Waals surface area contributed by atoms with Crippen LogP contribution in [0.25, 0.3) is 0 Å². The number of benzene rings is 1. The van der Waals surface area contributed by atoms with Crippen LogP contribution < -0.4 is 15.4 Å². The lowest BCUT2D eigenvalue weighted by molar-refractivity contribution is 0.337. The lowest BCUT2D eigenvalue weighted by atomic mass is 10.0. The summed E-state index contributed by atoms with van der Waals surface area (Å²) >= 11 is 0. The highest BCUT2D eigenvalue weighted by Gasteiger charge is 2.22. The molecule has 0 amide bonds. The summed E-state index contributed by atoms with van der Waals surface area (Å²) in [6.07, 6.45) is 2.66. The summed E-state index contributed by atoms with van der Waals surface area (Å²) in [6.45, 7) is 5.84. The van der Waals surface area contributed by atoms with Crippen LogP contribution in [0.1, 0.15) is 36.9 Å². The maximum absolute atomic E-state index is 5.58. The van der Waals surface area contributed by atoms with Crippen molar-refractivity contribution in [3.63, 3.8) is 0 Å². The van der Waals surface area contributed by atoms with Gasteiger partial charge in [0.1, 0.15) is 5.75 Å². The smallest absolute Gasteiger partial charge is 0.122 e. The van der Waals surface area contributed by atoms with Gasteiger partial charge in [-0.15, -0.1) is 0 Å². The summed E-state index contributed by atoms with van der Waals surface area (Å²) in [7, 11) is 2.02. The van der Waals surface area contributed by atoms with Gasteiger partial charge in [0.15, 0.2) is 0 Å². The molecule has 0 spiro atoms. The molecule has 1 aliphatic rings. The molecule has 0 bridgehead atoms. The highest BCUT2D eigenvalue weighted by atomic mass is 16.5. The first-order valence-electron chi connectivity index (χ1n) is 6.88. The van der Waals surface area contributed by atoms with Crippen LogP contribution in [0.4, 0.5) is 0 Å². The van der Waals surface area contributed by atoms with E-state index < -0.39 is 0 Å². The van der Waals surface area contributed by atoms with Crippen molar-refractivity contribution in [3.05, 3.63) is 29.3 Å². The van der Waals surface area contributed by atoms with Crippen molar-refractivity contribution < 1.29 is 4.74 Å². The van der Waals surface area contributed by atoms with Crippen LogP contribution in [0.3, 0.4) is 0 Å². The fourth-order valence-electron chi connectivity index (χ4n) is 2.17. The van der Waals surface area contributed by atoms with Crippen molar-refractivity contribution in [2.45, 2.75) is 38.8 Å². The Morgan fingerprint density at radius 2 is 2.17 bits per heavy atom. The molecule has 1 saturated carbocycles. The van der Waals surface area contributed by atoms with Gasteiger partial charge < -0.3 is 15.4 Å². The molecule has 2 N–H and O–H groups in total. The minimum Gasteiger partial charge on any atom is -0.494 e. The molecule has 2 rings (SSSR count). The summed E-state index contributed by atoms with van der Waals surface area (Å²) in [5.74, 6) is 0.992. The minimum atomic E-state index is 0.375. The number of nitrogens with one attached hydrogen (secondary N) is 2. The van der Waals surface area contributed by atoms with Crippen LogP contribution in [0.2, 0.25) is 0 Å². The third kappa shape index (κ3) is 3.47. The van der Waals surface area contributed by atoms with E-state index >= 15 is 0 Å². The number of hydrogen-bond acceptors (Lipinski definition) is 3. The Hall–Kier alpha value is -1.06. The molecule has 100 valence electrons. The van der Waals surface area contributed by atoms with Gasteiger partial charge in [0.25, 0.3) is 0 Å². The first kappa shape index (κ1) is 13.4. The van der Waals surface area contributed by atoms with Gasteiger partial charge in [0.05, 0.1) is 6.61 Å². The van der Waals surface area contributed by atoms with Crippen molar-refractivity contribution in [3.8, 4) is 5.75 Å². The Morgan fingerprint density at radius 1 is 1.39 bits per heavy atom. The molecule has 1 aromatic rings. The van der Waals surface area contributed by atoms with Gasteiger partial charge in [0.2, 0.25) is 0 Å². The number of likely N-dealkylation sites (N-methyl/N-ethyl adjacent to an activating group) is 1. The quantitative estimate of drug-likeness (QED) is 0.777. The summed E-state index contributed by atoms with van der Waals surface area (Å²) in [4.78, 5) is 0. The predicted molar refractivity (Wildman–Crippen MR) is 75.2 cm³/mol. The van der Waals surface area contributed by atoms with Gasteiger partial charge in [-0.3, -0.25) is 0 Å². The molecule has 1 unspecified atom stereocenters. The monoisotopic (exact) mass is 248 g/mol. The fourth-order valence-corrected chi connectivity index (χ4v) is 2.17. The van der Waals surface area contributed by atoms with E-state index in [0.29, 0.717) is 6.04 Å². The van der Waals surface area contributed by atoms with Crippen LogP contribution in [-0.4, -0.2) is 26.2 Å². The highest BCUT2D eigenvalue weighted by molar-refractivity contribution is 5.37. The first-order valence-corrected chi connectivity index (χ1v) is 6.88. The maximum Gasteiger partial charge on any atom is 0.122 e.